The van der Waals surface area contributed by atoms with Crippen molar-refractivity contribution in [3.05, 3.63) is 237 Å². The van der Waals surface area contributed by atoms with E-state index in [2.05, 4.69) is 246 Å². The van der Waals surface area contributed by atoms with Gasteiger partial charge in [0.2, 0.25) is 0 Å². The maximum absolute atomic E-state index is 2.57. The maximum Gasteiger partial charge on any atom is 0.0560 e. The van der Waals surface area contributed by atoms with Gasteiger partial charge >= 0.3 is 0 Å². The number of fused-ring (bicyclic) bond motifs is 10. The molecule has 0 spiro atoms. The van der Waals surface area contributed by atoms with Gasteiger partial charge in [-0.2, -0.15) is 0 Å². The molecule has 0 bridgehead atoms. The largest absolute Gasteiger partial charge is 0.333 e. The van der Waals surface area contributed by atoms with Crippen molar-refractivity contribution in [2.75, 3.05) is 4.90 Å². The number of benzene rings is 10. The van der Waals surface area contributed by atoms with E-state index in [4.69, 9.17) is 0 Å². The third-order valence-corrected chi connectivity index (χ3v) is 16.3. The molecule has 1 aliphatic rings. The van der Waals surface area contributed by atoms with Gasteiger partial charge in [-0.3, -0.25) is 0 Å². The van der Waals surface area contributed by atoms with E-state index in [9.17, 15) is 0 Å². The lowest BCUT2D eigenvalue weighted by atomic mass is 9.99. The lowest BCUT2D eigenvalue weighted by Crippen LogP contribution is -2.10. The molecular formula is C64H42N2S2. The molecule has 0 saturated carbocycles. The molecule has 0 aliphatic heterocycles. The number of allylic oxidation sites excluding steroid dienone is 4. The summed E-state index contributed by atoms with van der Waals surface area (Å²) in [7, 11) is 0. The van der Waals surface area contributed by atoms with Crippen LogP contribution < -0.4 is 4.90 Å². The first kappa shape index (κ1) is 39.2. The SMILES string of the molecule is C1=CCC(n2c3cc(-c4cccc(N(c5ccc(-c6ccc7sc8ccc(-c9ccccc9)cc8c7c6)cc5)c5cccc6sc7ccccc7c56)c4)ccc3c3cc4ccccc4cc32)C=C1. The molecule has 13 aromatic rings. The summed E-state index contributed by atoms with van der Waals surface area (Å²) in [6.07, 6.45) is 9.98. The van der Waals surface area contributed by atoms with E-state index in [0.717, 1.165) is 17.8 Å². The van der Waals surface area contributed by atoms with Gasteiger partial charge < -0.3 is 9.47 Å². The van der Waals surface area contributed by atoms with Crippen LogP contribution in [0.3, 0.4) is 0 Å². The van der Waals surface area contributed by atoms with Gasteiger partial charge in [0.1, 0.15) is 0 Å². The first-order valence-electron chi connectivity index (χ1n) is 23.4. The molecule has 1 atom stereocenters. The summed E-state index contributed by atoms with van der Waals surface area (Å²) in [5.74, 6) is 0. The number of nitrogens with zero attached hydrogens (tertiary/aromatic N) is 2. The molecule has 68 heavy (non-hydrogen) atoms. The fourth-order valence-electron chi connectivity index (χ4n) is 10.8. The van der Waals surface area contributed by atoms with Gasteiger partial charge in [-0.25, -0.2) is 0 Å². The summed E-state index contributed by atoms with van der Waals surface area (Å²) in [5.41, 5.74) is 13.2. The zero-order valence-electron chi connectivity index (χ0n) is 37.0. The van der Waals surface area contributed by atoms with Crippen LogP contribution in [-0.2, 0) is 0 Å². The van der Waals surface area contributed by atoms with Gasteiger partial charge in [-0.05, 0) is 136 Å². The molecule has 4 heteroatoms. The molecular weight excluding hydrogens is 861 g/mol. The average Bonchev–Trinajstić information content (AvgIpc) is 4.08. The molecule has 3 aromatic heterocycles. The Kier molecular flexibility index (Phi) is 9.11. The van der Waals surface area contributed by atoms with Crippen LogP contribution in [0.1, 0.15) is 12.5 Å². The Morgan fingerprint density at radius 2 is 0.985 bits per heavy atom. The van der Waals surface area contributed by atoms with Gasteiger partial charge in [0.05, 0.1) is 22.8 Å². The number of hydrogen-bond acceptors (Lipinski definition) is 3. The van der Waals surface area contributed by atoms with Crippen molar-refractivity contribution >= 4 is 113 Å². The van der Waals surface area contributed by atoms with E-state index in [1.54, 1.807) is 0 Å². The van der Waals surface area contributed by atoms with E-state index in [1.165, 1.54) is 112 Å². The van der Waals surface area contributed by atoms with Gasteiger partial charge in [-0.15, -0.1) is 22.7 Å². The van der Waals surface area contributed by atoms with Gasteiger partial charge in [0.25, 0.3) is 0 Å². The van der Waals surface area contributed by atoms with Crippen molar-refractivity contribution in [2.45, 2.75) is 12.5 Å². The smallest absolute Gasteiger partial charge is 0.0560 e. The molecule has 10 aromatic carbocycles. The van der Waals surface area contributed by atoms with Crippen LogP contribution in [0.2, 0.25) is 0 Å². The number of anilines is 3. The van der Waals surface area contributed by atoms with Crippen molar-refractivity contribution in [2.24, 2.45) is 0 Å². The third-order valence-electron chi connectivity index (χ3n) is 14.1. The highest BCUT2D eigenvalue weighted by atomic mass is 32.1. The average molecular weight is 903 g/mol. The second kappa shape index (κ2) is 15.8. The Labute approximate surface area is 402 Å². The van der Waals surface area contributed by atoms with E-state index in [0.29, 0.717) is 0 Å². The highest BCUT2D eigenvalue weighted by Gasteiger charge is 2.22. The van der Waals surface area contributed by atoms with Crippen LogP contribution in [-0.4, -0.2) is 4.57 Å². The molecule has 1 unspecified atom stereocenters. The Morgan fingerprint density at radius 3 is 1.78 bits per heavy atom. The summed E-state index contributed by atoms with van der Waals surface area (Å²) in [6, 6.07) is 79.4. The number of thiophene rings is 2. The van der Waals surface area contributed by atoms with Crippen LogP contribution in [0.15, 0.2) is 237 Å². The van der Waals surface area contributed by atoms with Crippen LogP contribution in [0.4, 0.5) is 17.1 Å². The number of rotatable bonds is 7. The minimum absolute atomic E-state index is 0.237. The Morgan fingerprint density at radius 1 is 0.382 bits per heavy atom. The third kappa shape index (κ3) is 6.44. The minimum Gasteiger partial charge on any atom is -0.333 e. The monoisotopic (exact) mass is 902 g/mol. The second-order valence-corrected chi connectivity index (χ2v) is 20.2. The molecule has 1 aliphatic carbocycles. The standard InChI is InChI=1S/C64H42N2S2/c1-3-13-41(14-4-1)46-28-33-61-55(37-46)56-38-47(29-34-62(56)67-61)42-25-30-50(31-26-42)65(57-22-12-24-63-64(57)53-21-9-10-23-60(53)68-63)51-20-11-17-43(35-51)48-27-32-52-54-36-44-15-7-8-16-45(44)39-59(54)66(58(52)40-48)49-18-5-2-6-19-49/h1-18,20-40,49H,19H2. The highest BCUT2D eigenvalue weighted by Crippen LogP contribution is 2.47. The molecule has 3 heterocycles. The first-order chi connectivity index (χ1) is 33.7. The second-order valence-electron chi connectivity index (χ2n) is 18.0. The zero-order chi connectivity index (χ0) is 44.7. The minimum atomic E-state index is 0.237. The van der Waals surface area contributed by atoms with Crippen molar-refractivity contribution in [3.8, 4) is 33.4 Å². The maximum atomic E-state index is 2.57. The molecule has 2 nitrogen and oxygen atoms in total. The predicted octanol–water partition coefficient (Wildman–Crippen LogP) is 19.2. The fourth-order valence-corrected chi connectivity index (χ4v) is 13.0. The molecule has 14 rings (SSSR count). The summed E-state index contributed by atoms with van der Waals surface area (Å²) in [5, 5.41) is 10.3. The number of hydrogen-bond donors (Lipinski definition) is 0. The topological polar surface area (TPSA) is 8.17 Å². The van der Waals surface area contributed by atoms with Crippen LogP contribution in [0, 0.1) is 0 Å². The Hall–Kier alpha value is -8.02. The molecule has 0 N–H and O–H groups in total. The van der Waals surface area contributed by atoms with Crippen molar-refractivity contribution in [3.63, 3.8) is 0 Å². The molecule has 320 valence electrons. The summed E-state index contributed by atoms with van der Waals surface area (Å²) >= 11 is 3.73. The lowest BCUT2D eigenvalue weighted by molar-refractivity contribution is 0.648. The van der Waals surface area contributed by atoms with E-state index in [-0.39, 0.29) is 6.04 Å². The highest BCUT2D eigenvalue weighted by molar-refractivity contribution is 7.26. The zero-order valence-corrected chi connectivity index (χ0v) is 38.6. The van der Waals surface area contributed by atoms with Crippen LogP contribution in [0.25, 0.3) is 106 Å². The number of aromatic nitrogens is 1. The summed E-state index contributed by atoms with van der Waals surface area (Å²) < 4.78 is 7.78. The predicted molar refractivity (Wildman–Crippen MR) is 296 cm³/mol. The van der Waals surface area contributed by atoms with Crippen molar-refractivity contribution < 1.29 is 0 Å². The quantitative estimate of drug-likeness (QED) is 0.155. The Balaban J connectivity index is 0.903. The van der Waals surface area contributed by atoms with Crippen LogP contribution >= 0.6 is 22.7 Å². The molecule has 0 radical (unpaired) electrons. The van der Waals surface area contributed by atoms with Crippen molar-refractivity contribution in [1.82, 2.24) is 4.57 Å². The lowest BCUT2D eigenvalue weighted by Gasteiger charge is -2.27. The van der Waals surface area contributed by atoms with Crippen LogP contribution in [0.5, 0.6) is 0 Å². The van der Waals surface area contributed by atoms with E-state index in [1.807, 2.05) is 22.7 Å². The van der Waals surface area contributed by atoms with Crippen molar-refractivity contribution in [1.29, 1.82) is 0 Å². The van der Waals surface area contributed by atoms with Gasteiger partial charge in [0, 0.05) is 62.5 Å². The Bertz CT molecular complexity index is 4180. The first-order valence-corrected chi connectivity index (χ1v) is 25.0. The summed E-state index contributed by atoms with van der Waals surface area (Å²) in [6.45, 7) is 0. The fraction of sp³-hybridized carbons (Fsp3) is 0.0312. The normalized spacial score (nSPS) is 13.9. The van der Waals surface area contributed by atoms with Gasteiger partial charge in [-0.1, -0.05) is 152 Å². The van der Waals surface area contributed by atoms with Gasteiger partial charge in [0.15, 0.2) is 0 Å². The summed E-state index contributed by atoms with van der Waals surface area (Å²) in [4.78, 5) is 2.47. The molecule has 0 fully saturated rings. The molecule has 0 amide bonds. The van der Waals surface area contributed by atoms with E-state index < -0.39 is 0 Å². The molecule has 0 saturated heterocycles. The van der Waals surface area contributed by atoms with E-state index >= 15 is 0 Å².